The number of aryl methyl sites for hydroxylation is 1. The van der Waals surface area contributed by atoms with Gasteiger partial charge in [0.15, 0.2) is 0 Å². The van der Waals surface area contributed by atoms with Crippen molar-refractivity contribution in [1.82, 2.24) is 0 Å². The number of thiophene rings is 1. The van der Waals surface area contributed by atoms with Gasteiger partial charge in [-0.2, -0.15) is 0 Å². The van der Waals surface area contributed by atoms with Gasteiger partial charge in [-0.25, -0.2) is 4.79 Å². The zero-order chi connectivity index (χ0) is 15.1. The molecule has 0 aliphatic carbocycles. The molecule has 0 unspecified atom stereocenters. The number of amides is 1. The van der Waals surface area contributed by atoms with E-state index >= 15 is 0 Å². The number of ether oxygens (including phenoxy) is 1. The maximum absolute atomic E-state index is 11.9. The molecule has 20 heavy (non-hydrogen) atoms. The predicted octanol–water partition coefficient (Wildman–Crippen LogP) is 4.06. The highest BCUT2D eigenvalue weighted by molar-refractivity contribution is 7.16. The number of nitrogens with one attached hydrogen (secondary N) is 1. The van der Waals surface area contributed by atoms with Gasteiger partial charge < -0.3 is 10.1 Å². The number of carbonyl (C=O) groups is 2. The van der Waals surface area contributed by atoms with Crippen LogP contribution in [-0.2, 0) is 9.53 Å². The van der Waals surface area contributed by atoms with Crippen molar-refractivity contribution in [3.8, 4) is 0 Å². The maximum atomic E-state index is 11.9. The summed E-state index contributed by atoms with van der Waals surface area (Å²) < 4.78 is 4.78. The Morgan fingerprint density at radius 3 is 2.50 bits per heavy atom. The summed E-state index contributed by atoms with van der Waals surface area (Å²) in [5.41, 5.74) is 1.36. The predicted molar refractivity (Wildman–Crippen MR) is 82.5 cm³/mol. The van der Waals surface area contributed by atoms with Gasteiger partial charge in [-0.1, -0.05) is 26.2 Å². The highest BCUT2D eigenvalue weighted by Gasteiger charge is 2.21. The fraction of sp³-hybridized carbons (Fsp3) is 0.600. The minimum atomic E-state index is -0.395. The van der Waals surface area contributed by atoms with Crippen molar-refractivity contribution in [3.63, 3.8) is 0 Å². The van der Waals surface area contributed by atoms with Crippen LogP contribution in [0.5, 0.6) is 0 Å². The van der Waals surface area contributed by atoms with Crippen molar-refractivity contribution in [1.29, 1.82) is 0 Å². The number of rotatable bonds is 7. The fourth-order valence-electron chi connectivity index (χ4n) is 1.96. The van der Waals surface area contributed by atoms with Gasteiger partial charge in [0, 0.05) is 11.3 Å². The Balaban J connectivity index is 2.70. The van der Waals surface area contributed by atoms with Crippen LogP contribution in [0, 0.1) is 13.8 Å². The molecule has 0 atom stereocenters. The zero-order valence-electron chi connectivity index (χ0n) is 12.7. The van der Waals surface area contributed by atoms with Crippen LogP contribution in [0.15, 0.2) is 0 Å². The summed E-state index contributed by atoms with van der Waals surface area (Å²) in [4.78, 5) is 24.7. The molecule has 0 aliphatic rings. The quantitative estimate of drug-likeness (QED) is 0.610. The number of anilines is 1. The van der Waals surface area contributed by atoms with Crippen LogP contribution in [0.4, 0.5) is 5.00 Å². The Morgan fingerprint density at radius 1 is 1.20 bits per heavy atom. The summed E-state index contributed by atoms with van der Waals surface area (Å²) in [6.45, 7) is 5.94. The molecule has 0 fully saturated rings. The standard InChI is InChI=1S/C15H23NO3S/c1-5-6-7-8-9-12(17)16-14-13(15(18)19-4)10(2)11(3)20-14/h5-9H2,1-4H3,(H,16,17). The van der Waals surface area contributed by atoms with Crippen molar-refractivity contribution in [3.05, 3.63) is 16.0 Å². The lowest BCUT2D eigenvalue weighted by atomic mass is 10.1. The van der Waals surface area contributed by atoms with Crippen LogP contribution in [0.25, 0.3) is 0 Å². The molecular formula is C15H23NO3S. The topological polar surface area (TPSA) is 55.4 Å². The Hall–Kier alpha value is -1.36. The molecule has 0 radical (unpaired) electrons. The largest absolute Gasteiger partial charge is 0.465 e. The van der Waals surface area contributed by atoms with Gasteiger partial charge in [-0.15, -0.1) is 11.3 Å². The van der Waals surface area contributed by atoms with E-state index in [4.69, 9.17) is 4.74 Å². The second-order valence-corrected chi connectivity index (χ2v) is 6.06. The molecule has 4 nitrogen and oxygen atoms in total. The summed E-state index contributed by atoms with van der Waals surface area (Å²) in [6.07, 6.45) is 4.75. The molecule has 1 heterocycles. The zero-order valence-corrected chi connectivity index (χ0v) is 13.5. The normalized spacial score (nSPS) is 10.4. The second kappa shape index (κ2) is 8.04. The van der Waals surface area contributed by atoms with E-state index in [1.54, 1.807) is 0 Å². The number of methoxy groups -OCH3 is 1. The van der Waals surface area contributed by atoms with Crippen LogP contribution >= 0.6 is 11.3 Å². The molecule has 1 N–H and O–H groups in total. The van der Waals surface area contributed by atoms with Crippen molar-refractivity contribution < 1.29 is 14.3 Å². The molecule has 0 aliphatic heterocycles. The summed E-state index contributed by atoms with van der Waals surface area (Å²) >= 11 is 1.42. The Bertz CT molecular complexity index is 480. The average Bonchev–Trinajstić information content (AvgIpc) is 2.69. The number of esters is 1. The first-order chi connectivity index (χ1) is 9.51. The maximum Gasteiger partial charge on any atom is 0.341 e. The van der Waals surface area contributed by atoms with Crippen molar-refractivity contribution in [2.45, 2.75) is 52.9 Å². The van der Waals surface area contributed by atoms with E-state index in [2.05, 4.69) is 12.2 Å². The molecule has 5 heteroatoms. The van der Waals surface area contributed by atoms with Gasteiger partial charge in [0.05, 0.1) is 12.7 Å². The number of hydrogen-bond donors (Lipinski definition) is 1. The minimum Gasteiger partial charge on any atom is -0.465 e. The van der Waals surface area contributed by atoms with E-state index in [0.29, 0.717) is 17.0 Å². The van der Waals surface area contributed by atoms with Crippen LogP contribution in [-0.4, -0.2) is 19.0 Å². The molecule has 1 amide bonds. The second-order valence-electron chi connectivity index (χ2n) is 4.84. The van der Waals surface area contributed by atoms with Crippen LogP contribution in [0.3, 0.4) is 0 Å². The monoisotopic (exact) mass is 297 g/mol. The minimum absolute atomic E-state index is 0.0347. The van der Waals surface area contributed by atoms with E-state index in [9.17, 15) is 9.59 Å². The van der Waals surface area contributed by atoms with Crippen molar-refractivity contribution >= 4 is 28.2 Å². The van der Waals surface area contributed by atoms with Crippen molar-refractivity contribution in [2.24, 2.45) is 0 Å². The van der Waals surface area contributed by atoms with Crippen LogP contribution < -0.4 is 5.32 Å². The summed E-state index contributed by atoms with van der Waals surface area (Å²) in [5.74, 6) is -0.430. The van der Waals surface area contributed by atoms with Crippen LogP contribution in [0.1, 0.15) is 59.8 Å². The Labute approximate surface area is 124 Å². The molecule has 0 spiro atoms. The first kappa shape index (κ1) is 16.7. The molecular weight excluding hydrogens is 274 g/mol. The molecule has 112 valence electrons. The van der Waals surface area contributed by atoms with Gasteiger partial charge in [-0.3, -0.25) is 4.79 Å². The molecule has 1 aromatic rings. The van der Waals surface area contributed by atoms with E-state index in [1.165, 1.54) is 18.4 Å². The van der Waals surface area contributed by atoms with Gasteiger partial charge in [0.1, 0.15) is 5.00 Å². The summed E-state index contributed by atoms with van der Waals surface area (Å²) in [5, 5.41) is 3.45. The van der Waals surface area contributed by atoms with E-state index < -0.39 is 5.97 Å². The van der Waals surface area contributed by atoms with Crippen molar-refractivity contribution in [2.75, 3.05) is 12.4 Å². The van der Waals surface area contributed by atoms with Gasteiger partial charge in [-0.05, 0) is 25.8 Å². The first-order valence-electron chi connectivity index (χ1n) is 6.99. The first-order valence-corrected chi connectivity index (χ1v) is 7.81. The molecule has 1 rings (SSSR count). The molecule has 0 aromatic carbocycles. The number of unbranched alkanes of at least 4 members (excludes halogenated alkanes) is 3. The lowest BCUT2D eigenvalue weighted by Crippen LogP contribution is -2.13. The SMILES string of the molecule is CCCCCCC(=O)Nc1sc(C)c(C)c1C(=O)OC. The lowest BCUT2D eigenvalue weighted by molar-refractivity contribution is -0.116. The molecule has 0 bridgehead atoms. The van der Waals surface area contributed by atoms with Gasteiger partial charge >= 0.3 is 5.97 Å². The van der Waals surface area contributed by atoms with Gasteiger partial charge in [0.2, 0.25) is 5.91 Å². The molecule has 0 saturated heterocycles. The fourth-order valence-corrected chi connectivity index (χ4v) is 3.03. The van der Waals surface area contributed by atoms with Crippen LogP contribution in [0.2, 0.25) is 0 Å². The van der Waals surface area contributed by atoms with E-state index in [-0.39, 0.29) is 5.91 Å². The Morgan fingerprint density at radius 2 is 1.90 bits per heavy atom. The number of carbonyl (C=O) groups excluding carboxylic acids is 2. The average molecular weight is 297 g/mol. The third kappa shape index (κ3) is 4.34. The molecule has 1 aromatic heterocycles. The van der Waals surface area contributed by atoms with E-state index in [1.807, 2.05) is 13.8 Å². The highest BCUT2D eigenvalue weighted by Crippen LogP contribution is 2.33. The van der Waals surface area contributed by atoms with Gasteiger partial charge in [0.25, 0.3) is 0 Å². The third-order valence-corrected chi connectivity index (χ3v) is 4.41. The summed E-state index contributed by atoms with van der Waals surface area (Å²) in [7, 11) is 1.35. The lowest BCUT2D eigenvalue weighted by Gasteiger charge is -2.06. The third-order valence-electron chi connectivity index (χ3n) is 3.29. The van der Waals surface area contributed by atoms with E-state index in [0.717, 1.165) is 36.1 Å². The Kier molecular flexibility index (Phi) is 6.71. The highest BCUT2D eigenvalue weighted by atomic mass is 32.1. The summed E-state index contributed by atoms with van der Waals surface area (Å²) in [6, 6.07) is 0. The number of hydrogen-bond acceptors (Lipinski definition) is 4. The smallest absolute Gasteiger partial charge is 0.341 e. The molecule has 0 saturated carbocycles.